The molecule has 1 amide bonds. The third-order valence-corrected chi connectivity index (χ3v) is 4.69. The van der Waals surface area contributed by atoms with Gasteiger partial charge in [-0.15, -0.1) is 5.10 Å². The molecule has 2 aliphatic carbocycles. The standard InChI is InChI=1S/C14H22N4O/c1-8-4-3-5-11(9(8)2)15-14(19)13-16-12(17-18-13)10-6-7-10/h8-11H,3-7H2,1-2H3,(H,15,19)(H,16,17,18). The van der Waals surface area contributed by atoms with E-state index in [4.69, 9.17) is 0 Å². The molecule has 5 nitrogen and oxygen atoms in total. The largest absolute Gasteiger partial charge is 0.346 e. The van der Waals surface area contributed by atoms with E-state index in [2.05, 4.69) is 34.3 Å². The highest BCUT2D eigenvalue weighted by Crippen LogP contribution is 2.37. The third kappa shape index (κ3) is 2.65. The Morgan fingerprint density at radius 3 is 2.79 bits per heavy atom. The number of H-pyrrole nitrogens is 1. The summed E-state index contributed by atoms with van der Waals surface area (Å²) < 4.78 is 0. The van der Waals surface area contributed by atoms with E-state index in [0.717, 1.165) is 25.1 Å². The maximum absolute atomic E-state index is 12.2. The van der Waals surface area contributed by atoms with Crippen molar-refractivity contribution < 1.29 is 4.79 Å². The lowest BCUT2D eigenvalue weighted by Crippen LogP contribution is -2.44. The first-order chi connectivity index (χ1) is 9.15. The first-order valence-electron chi connectivity index (χ1n) is 7.38. The van der Waals surface area contributed by atoms with Gasteiger partial charge in [0.1, 0.15) is 5.82 Å². The van der Waals surface area contributed by atoms with Gasteiger partial charge >= 0.3 is 0 Å². The lowest BCUT2D eigenvalue weighted by Gasteiger charge is -2.34. The lowest BCUT2D eigenvalue weighted by molar-refractivity contribution is 0.0881. The molecule has 0 radical (unpaired) electrons. The van der Waals surface area contributed by atoms with Gasteiger partial charge in [-0.25, -0.2) is 4.98 Å². The Hall–Kier alpha value is -1.39. The average molecular weight is 262 g/mol. The van der Waals surface area contributed by atoms with Gasteiger partial charge in [-0.3, -0.25) is 9.89 Å². The molecule has 0 saturated heterocycles. The maximum Gasteiger partial charge on any atom is 0.291 e. The number of nitrogens with zero attached hydrogens (tertiary/aromatic N) is 2. The molecule has 104 valence electrons. The number of carbonyl (C=O) groups excluding carboxylic acids is 1. The van der Waals surface area contributed by atoms with Crippen LogP contribution >= 0.6 is 0 Å². The summed E-state index contributed by atoms with van der Waals surface area (Å²) in [7, 11) is 0. The molecule has 2 N–H and O–H groups in total. The van der Waals surface area contributed by atoms with Crippen LogP contribution < -0.4 is 5.32 Å². The van der Waals surface area contributed by atoms with Crippen molar-refractivity contribution in [1.29, 1.82) is 0 Å². The van der Waals surface area contributed by atoms with Crippen LogP contribution in [0.25, 0.3) is 0 Å². The summed E-state index contributed by atoms with van der Waals surface area (Å²) >= 11 is 0. The van der Waals surface area contributed by atoms with Crippen LogP contribution in [-0.4, -0.2) is 27.1 Å². The fourth-order valence-electron chi connectivity index (χ4n) is 2.93. The number of amides is 1. The van der Waals surface area contributed by atoms with Crippen molar-refractivity contribution in [3.63, 3.8) is 0 Å². The van der Waals surface area contributed by atoms with Crippen LogP contribution in [0.4, 0.5) is 0 Å². The first-order valence-corrected chi connectivity index (χ1v) is 7.38. The van der Waals surface area contributed by atoms with E-state index in [1.165, 1.54) is 12.8 Å². The summed E-state index contributed by atoms with van der Waals surface area (Å²) in [5.74, 6) is 2.74. The number of nitrogens with one attached hydrogen (secondary N) is 2. The van der Waals surface area contributed by atoms with E-state index in [9.17, 15) is 4.79 Å². The smallest absolute Gasteiger partial charge is 0.291 e. The van der Waals surface area contributed by atoms with Gasteiger partial charge in [0.2, 0.25) is 5.82 Å². The van der Waals surface area contributed by atoms with Crippen LogP contribution in [0.1, 0.15) is 68.3 Å². The molecule has 1 aromatic heterocycles. The van der Waals surface area contributed by atoms with Crippen molar-refractivity contribution in [2.45, 2.75) is 57.9 Å². The fourth-order valence-corrected chi connectivity index (χ4v) is 2.93. The maximum atomic E-state index is 12.2. The predicted molar refractivity (Wildman–Crippen MR) is 71.8 cm³/mol. The topological polar surface area (TPSA) is 70.7 Å². The van der Waals surface area contributed by atoms with Gasteiger partial charge in [-0.1, -0.05) is 26.7 Å². The van der Waals surface area contributed by atoms with Crippen LogP contribution in [-0.2, 0) is 0 Å². The van der Waals surface area contributed by atoms with Crippen LogP contribution in [0.15, 0.2) is 0 Å². The number of aromatic amines is 1. The molecule has 5 heteroatoms. The van der Waals surface area contributed by atoms with E-state index < -0.39 is 0 Å². The Bertz CT molecular complexity index is 466. The first kappa shape index (κ1) is 12.6. The van der Waals surface area contributed by atoms with Crippen LogP contribution in [0, 0.1) is 11.8 Å². The zero-order valence-electron chi connectivity index (χ0n) is 11.6. The van der Waals surface area contributed by atoms with E-state index in [1.807, 2.05) is 0 Å². The molecule has 0 aliphatic heterocycles. The van der Waals surface area contributed by atoms with E-state index in [1.54, 1.807) is 0 Å². The monoisotopic (exact) mass is 262 g/mol. The van der Waals surface area contributed by atoms with Crippen molar-refractivity contribution in [1.82, 2.24) is 20.5 Å². The number of hydrogen-bond acceptors (Lipinski definition) is 3. The Morgan fingerprint density at radius 2 is 2.05 bits per heavy atom. The summed E-state index contributed by atoms with van der Waals surface area (Å²) in [6, 6.07) is 0.263. The molecular formula is C14H22N4O. The summed E-state index contributed by atoms with van der Waals surface area (Å²) in [6.45, 7) is 4.49. The molecule has 2 fully saturated rings. The molecule has 3 rings (SSSR count). The van der Waals surface area contributed by atoms with Crippen molar-refractivity contribution in [2.75, 3.05) is 0 Å². The molecular weight excluding hydrogens is 240 g/mol. The van der Waals surface area contributed by atoms with E-state index in [-0.39, 0.29) is 11.9 Å². The van der Waals surface area contributed by atoms with Gasteiger partial charge in [0, 0.05) is 12.0 Å². The van der Waals surface area contributed by atoms with Gasteiger partial charge in [0.15, 0.2) is 0 Å². The Balaban J connectivity index is 1.63. The molecule has 2 aliphatic rings. The summed E-state index contributed by atoms with van der Waals surface area (Å²) in [6.07, 6.45) is 5.84. The van der Waals surface area contributed by atoms with Gasteiger partial charge < -0.3 is 5.32 Å². The van der Waals surface area contributed by atoms with E-state index in [0.29, 0.717) is 23.6 Å². The molecule has 1 aromatic rings. The quantitative estimate of drug-likeness (QED) is 0.877. The highest BCUT2D eigenvalue weighted by Gasteiger charge is 2.31. The number of carbonyl (C=O) groups is 1. The minimum atomic E-state index is -0.130. The molecule has 0 spiro atoms. The van der Waals surface area contributed by atoms with Crippen LogP contribution in [0.2, 0.25) is 0 Å². The lowest BCUT2D eigenvalue weighted by atomic mass is 9.78. The number of rotatable bonds is 3. The highest BCUT2D eigenvalue weighted by molar-refractivity contribution is 5.90. The molecule has 2 saturated carbocycles. The Kier molecular flexibility index (Phi) is 3.29. The van der Waals surface area contributed by atoms with Gasteiger partial charge in [-0.2, -0.15) is 0 Å². The molecule has 0 bridgehead atoms. The Morgan fingerprint density at radius 1 is 1.26 bits per heavy atom. The summed E-state index contributed by atoms with van der Waals surface area (Å²) in [4.78, 5) is 16.5. The second-order valence-corrected chi connectivity index (χ2v) is 6.17. The van der Waals surface area contributed by atoms with Gasteiger partial charge in [-0.05, 0) is 31.1 Å². The highest BCUT2D eigenvalue weighted by atomic mass is 16.2. The zero-order valence-corrected chi connectivity index (χ0v) is 11.6. The summed E-state index contributed by atoms with van der Waals surface area (Å²) in [5, 5.41) is 10.0. The Labute approximate surface area is 113 Å². The number of hydrogen-bond donors (Lipinski definition) is 2. The number of aromatic nitrogens is 3. The zero-order chi connectivity index (χ0) is 13.4. The third-order valence-electron chi connectivity index (χ3n) is 4.69. The van der Waals surface area contributed by atoms with Gasteiger partial charge in [0.05, 0.1) is 0 Å². The van der Waals surface area contributed by atoms with Crippen molar-refractivity contribution in [3.8, 4) is 0 Å². The SMILES string of the molecule is CC1CCCC(NC(=O)c2n[nH]c(C3CC3)n2)C1C. The minimum absolute atomic E-state index is 0.130. The average Bonchev–Trinajstić information content (AvgIpc) is 3.12. The normalized spacial score (nSPS) is 31.2. The molecule has 3 atom stereocenters. The van der Waals surface area contributed by atoms with Gasteiger partial charge in [0.25, 0.3) is 5.91 Å². The van der Waals surface area contributed by atoms with E-state index >= 15 is 0 Å². The molecule has 3 unspecified atom stereocenters. The van der Waals surface area contributed by atoms with Crippen molar-refractivity contribution in [2.24, 2.45) is 11.8 Å². The molecule has 1 heterocycles. The fraction of sp³-hybridized carbons (Fsp3) is 0.786. The second kappa shape index (κ2) is 4.94. The second-order valence-electron chi connectivity index (χ2n) is 6.17. The predicted octanol–water partition coefficient (Wildman–Crippen LogP) is 2.24. The van der Waals surface area contributed by atoms with Crippen molar-refractivity contribution in [3.05, 3.63) is 11.6 Å². The van der Waals surface area contributed by atoms with Crippen molar-refractivity contribution >= 4 is 5.91 Å². The molecule has 0 aromatic carbocycles. The molecule has 19 heavy (non-hydrogen) atoms. The van der Waals surface area contributed by atoms with Crippen LogP contribution in [0.5, 0.6) is 0 Å². The summed E-state index contributed by atoms with van der Waals surface area (Å²) in [5.41, 5.74) is 0. The van der Waals surface area contributed by atoms with Crippen LogP contribution in [0.3, 0.4) is 0 Å². The minimum Gasteiger partial charge on any atom is -0.346 e.